The van der Waals surface area contributed by atoms with Crippen LogP contribution in [0.5, 0.6) is 5.75 Å². The maximum Gasteiger partial charge on any atom is 0.412 e. The highest BCUT2D eigenvalue weighted by molar-refractivity contribution is 5.73. The third-order valence-electron chi connectivity index (χ3n) is 4.57. The molecule has 0 heterocycles. The second-order valence-electron chi connectivity index (χ2n) is 6.39. The summed E-state index contributed by atoms with van der Waals surface area (Å²) in [5, 5.41) is 2.83. The lowest BCUT2D eigenvalue weighted by Crippen LogP contribution is -2.38. The lowest BCUT2D eigenvalue weighted by molar-refractivity contribution is 0.190. The van der Waals surface area contributed by atoms with Gasteiger partial charge in [0.1, 0.15) is 0 Å². The minimum atomic E-state index is -0.598. The fourth-order valence-corrected chi connectivity index (χ4v) is 3.22. The quantitative estimate of drug-likeness (QED) is 0.867. The smallest absolute Gasteiger partial charge is 0.407 e. The zero-order valence-electron chi connectivity index (χ0n) is 14.1. The van der Waals surface area contributed by atoms with E-state index in [0.29, 0.717) is 17.7 Å². The zero-order valence-corrected chi connectivity index (χ0v) is 14.1. The van der Waals surface area contributed by atoms with Crippen molar-refractivity contribution in [1.29, 1.82) is 0 Å². The van der Waals surface area contributed by atoms with Crippen molar-refractivity contribution in [2.24, 2.45) is 5.73 Å². The Morgan fingerprint density at radius 3 is 2.68 bits per heavy atom. The van der Waals surface area contributed by atoms with Crippen LogP contribution in [0.2, 0.25) is 0 Å². The van der Waals surface area contributed by atoms with Gasteiger partial charge in [-0.25, -0.2) is 9.18 Å². The van der Waals surface area contributed by atoms with Gasteiger partial charge in [0.25, 0.3) is 0 Å². The first-order chi connectivity index (χ1) is 12.2. The van der Waals surface area contributed by atoms with Crippen LogP contribution in [-0.2, 0) is 6.54 Å². The average Bonchev–Trinajstić information content (AvgIpc) is 2.64. The van der Waals surface area contributed by atoms with Crippen molar-refractivity contribution in [2.75, 3.05) is 0 Å². The van der Waals surface area contributed by atoms with E-state index in [1.807, 2.05) is 24.3 Å². The molecule has 0 unspecified atom stereocenters. The Labute approximate surface area is 147 Å². The molecule has 0 radical (unpaired) electrons. The summed E-state index contributed by atoms with van der Waals surface area (Å²) in [5.74, 6) is -0.612. The number of rotatable bonds is 4. The van der Waals surface area contributed by atoms with E-state index in [0.717, 1.165) is 31.2 Å². The van der Waals surface area contributed by atoms with Crippen LogP contribution in [0.15, 0.2) is 42.5 Å². The highest BCUT2D eigenvalue weighted by Crippen LogP contribution is 2.30. The minimum absolute atomic E-state index is 0.0658. The SMILES string of the molecule is NCc1cccc(-c2cccc(OC(=O)NC3CCCCC3)c2F)c1. The molecule has 25 heavy (non-hydrogen) atoms. The number of carbonyl (C=O) groups excluding carboxylic acids is 1. The minimum Gasteiger partial charge on any atom is -0.407 e. The number of nitrogens with two attached hydrogens (primary N) is 1. The van der Waals surface area contributed by atoms with E-state index in [4.69, 9.17) is 10.5 Å². The Bertz CT molecular complexity index is 742. The molecule has 2 aromatic carbocycles. The Balaban J connectivity index is 1.75. The molecule has 5 heteroatoms. The van der Waals surface area contributed by atoms with Crippen LogP contribution in [-0.4, -0.2) is 12.1 Å². The predicted octanol–water partition coefficient (Wildman–Crippen LogP) is 4.37. The molecule has 3 rings (SSSR count). The van der Waals surface area contributed by atoms with Crippen molar-refractivity contribution in [3.8, 4) is 16.9 Å². The third kappa shape index (κ3) is 4.37. The summed E-state index contributed by atoms with van der Waals surface area (Å²) in [4.78, 5) is 12.1. The van der Waals surface area contributed by atoms with Gasteiger partial charge in [-0.1, -0.05) is 49.6 Å². The van der Waals surface area contributed by atoms with Crippen LogP contribution < -0.4 is 15.8 Å². The molecule has 1 aliphatic rings. The van der Waals surface area contributed by atoms with E-state index in [1.165, 1.54) is 12.5 Å². The van der Waals surface area contributed by atoms with Gasteiger partial charge in [0.15, 0.2) is 11.6 Å². The van der Waals surface area contributed by atoms with Crippen LogP contribution in [0, 0.1) is 5.82 Å². The molecule has 3 N–H and O–H groups in total. The number of hydrogen-bond acceptors (Lipinski definition) is 3. The summed E-state index contributed by atoms with van der Waals surface area (Å²) >= 11 is 0. The Morgan fingerprint density at radius 2 is 1.92 bits per heavy atom. The van der Waals surface area contributed by atoms with Gasteiger partial charge in [0.2, 0.25) is 0 Å². The van der Waals surface area contributed by atoms with Crippen molar-refractivity contribution < 1.29 is 13.9 Å². The van der Waals surface area contributed by atoms with Crippen molar-refractivity contribution in [2.45, 2.75) is 44.7 Å². The van der Waals surface area contributed by atoms with Gasteiger partial charge in [0.05, 0.1) is 0 Å². The molecule has 132 valence electrons. The number of hydrogen-bond donors (Lipinski definition) is 2. The van der Waals surface area contributed by atoms with Gasteiger partial charge >= 0.3 is 6.09 Å². The monoisotopic (exact) mass is 342 g/mol. The fraction of sp³-hybridized carbons (Fsp3) is 0.350. The second kappa shape index (κ2) is 8.12. The molecule has 4 nitrogen and oxygen atoms in total. The predicted molar refractivity (Wildman–Crippen MR) is 95.8 cm³/mol. The largest absolute Gasteiger partial charge is 0.412 e. The third-order valence-corrected chi connectivity index (χ3v) is 4.57. The van der Waals surface area contributed by atoms with Crippen molar-refractivity contribution in [3.63, 3.8) is 0 Å². The number of nitrogens with one attached hydrogen (secondary N) is 1. The van der Waals surface area contributed by atoms with E-state index in [2.05, 4.69) is 5.32 Å². The molecule has 0 aliphatic heterocycles. The van der Waals surface area contributed by atoms with Gasteiger partial charge in [0, 0.05) is 18.2 Å². The molecule has 1 amide bonds. The number of amides is 1. The van der Waals surface area contributed by atoms with Crippen molar-refractivity contribution in [1.82, 2.24) is 5.32 Å². The summed E-state index contributed by atoms with van der Waals surface area (Å²) < 4.78 is 20.0. The summed E-state index contributed by atoms with van der Waals surface area (Å²) in [7, 11) is 0. The highest BCUT2D eigenvalue weighted by atomic mass is 19.1. The molecular weight excluding hydrogens is 319 g/mol. The fourth-order valence-electron chi connectivity index (χ4n) is 3.22. The second-order valence-corrected chi connectivity index (χ2v) is 6.39. The number of ether oxygens (including phenoxy) is 1. The Morgan fingerprint density at radius 1 is 1.16 bits per heavy atom. The normalized spacial score (nSPS) is 15.0. The molecule has 0 atom stereocenters. The lowest BCUT2D eigenvalue weighted by Gasteiger charge is -2.22. The summed E-state index contributed by atoms with van der Waals surface area (Å²) in [5.41, 5.74) is 7.66. The standard InChI is InChI=1S/C20H23FN2O2/c21-19-17(15-7-4-6-14(12-15)13-22)10-5-11-18(19)25-20(24)23-16-8-2-1-3-9-16/h4-7,10-12,16H,1-3,8-9,13,22H2,(H,23,24). The van der Waals surface area contributed by atoms with Gasteiger partial charge in [-0.2, -0.15) is 0 Å². The first-order valence-electron chi connectivity index (χ1n) is 8.73. The van der Waals surface area contributed by atoms with E-state index in [-0.39, 0.29) is 11.8 Å². The van der Waals surface area contributed by atoms with Crippen LogP contribution in [0.1, 0.15) is 37.7 Å². The van der Waals surface area contributed by atoms with Crippen molar-refractivity contribution in [3.05, 3.63) is 53.8 Å². The molecule has 0 aromatic heterocycles. The van der Waals surface area contributed by atoms with E-state index < -0.39 is 11.9 Å². The molecule has 0 bridgehead atoms. The maximum atomic E-state index is 14.8. The topological polar surface area (TPSA) is 64.3 Å². The number of carbonyl (C=O) groups is 1. The maximum absolute atomic E-state index is 14.8. The van der Waals surface area contributed by atoms with Crippen molar-refractivity contribution >= 4 is 6.09 Å². The van der Waals surface area contributed by atoms with Gasteiger partial charge in [-0.15, -0.1) is 0 Å². The molecule has 1 fully saturated rings. The van der Waals surface area contributed by atoms with Crippen LogP contribution in [0.4, 0.5) is 9.18 Å². The van der Waals surface area contributed by atoms with E-state index in [1.54, 1.807) is 12.1 Å². The van der Waals surface area contributed by atoms with Crippen LogP contribution >= 0.6 is 0 Å². The van der Waals surface area contributed by atoms with Crippen LogP contribution in [0.3, 0.4) is 0 Å². The van der Waals surface area contributed by atoms with E-state index in [9.17, 15) is 9.18 Å². The Kier molecular flexibility index (Phi) is 5.66. The molecule has 1 saturated carbocycles. The molecule has 2 aromatic rings. The molecule has 1 aliphatic carbocycles. The number of benzene rings is 2. The molecular formula is C20H23FN2O2. The number of halogens is 1. The lowest BCUT2D eigenvalue weighted by atomic mass is 9.96. The summed E-state index contributed by atoms with van der Waals surface area (Å²) in [6.07, 6.45) is 4.70. The highest BCUT2D eigenvalue weighted by Gasteiger charge is 2.19. The first kappa shape index (κ1) is 17.4. The zero-order chi connectivity index (χ0) is 17.6. The van der Waals surface area contributed by atoms with Gasteiger partial charge in [-0.3, -0.25) is 0 Å². The molecule has 0 spiro atoms. The average molecular weight is 342 g/mol. The van der Waals surface area contributed by atoms with Crippen LogP contribution in [0.25, 0.3) is 11.1 Å². The Hall–Kier alpha value is -2.40. The van der Waals surface area contributed by atoms with Gasteiger partial charge in [-0.05, 0) is 36.1 Å². The molecule has 0 saturated heterocycles. The first-order valence-corrected chi connectivity index (χ1v) is 8.73. The van der Waals surface area contributed by atoms with Gasteiger partial charge < -0.3 is 15.8 Å². The van der Waals surface area contributed by atoms with E-state index >= 15 is 0 Å². The summed E-state index contributed by atoms with van der Waals surface area (Å²) in [6.45, 7) is 0.384. The summed E-state index contributed by atoms with van der Waals surface area (Å²) in [6, 6.07) is 12.3.